The van der Waals surface area contributed by atoms with E-state index in [4.69, 9.17) is 4.74 Å². The molecule has 5 rings (SSSR count). The minimum atomic E-state index is -0.420. The Morgan fingerprint density at radius 1 is 0.892 bits per heavy atom. The van der Waals surface area contributed by atoms with Crippen molar-refractivity contribution in [2.24, 2.45) is 0 Å². The molecule has 3 heterocycles. The first-order chi connectivity index (χ1) is 18.1. The van der Waals surface area contributed by atoms with Crippen LogP contribution < -0.4 is 10.3 Å². The molecule has 0 radical (unpaired) electrons. The molecule has 0 spiro atoms. The smallest absolute Gasteiger partial charge is 0.270 e. The van der Waals surface area contributed by atoms with Gasteiger partial charge >= 0.3 is 0 Å². The van der Waals surface area contributed by atoms with Crippen molar-refractivity contribution < 1.29 is 13.9 Å². The van der Waals surface area contributed by atoms with Gasteiger partial charge in [-0.25, -0.2) is 9.37 Å². The van der Waals surface area contributed by atoms with Crippen molar-refractivity contribution in [3.05, 3.63) is 142 Å². The van der Waals surface area contributed by atoms with Crippen LogP contribution in [0.15, 0.2) is 108 Å². The van der Waals surface area contributed by atoms with E-state index < -0.39 is 11.5 Å². The molecule has 0 aliphatic heterocycles. The first-order valence-corrected chi connectivity index (χ1v) is 11.7. The SMILES string of the molecule is O=C(c1cnc2ccccn2c1=O)N(Cc1ccncc1)Cc1ccc(OCc2cccc(F)c2)cc1. The predicted octanol–water partition coefficient (Wildman–Crippen LogP) is 4.65. The van der Waals surface area contributed by atoms with Gasteiger partial charge in [0, 0.05) is 37.9 Å². The van der Waals surface area contributed by atoms with E-state index in [1.165, 1.54) is 22.7 Å². The second-order valence-corrected chi connectivity index (χ2v) is 8.49. The molecule has 1 amide bonds. The van der Waals surface area contributed by atoms with Crippen LogP contribution in [0.1, 0.15) is 27.0 Å². The first-order valence-electron chi connectivity index (χ1n) is 11.7. The lowest BCUT2D eigenvalue weighted by molar-refractivity contribution is 0.0727. The average molecular weight is 495 g/mol. The van der Waals surface area contributed by atoms with Gasteiger partial charge in [-0.05, 0) is 65.2 Å². The van der Waals surface area contributed by atoms with Crippen molar-refractivity contribution in [2.75, 3.05) is 0 Å². The summed E-state index contributed by atoms with van der Waals surface area (Å²) < 4.78 is 20.5. The highest BCUT2D eigenvalue weighted by molar-refractivity contribution is 5.93. The van der Waals surface area contributed by atoms with Crippen LogP contribution in [0.3, 0.4) is 0 Å². The molecule has 2 aromatic carbocycles. The van der Waals surface area contributed by atoms with Gasteiger partial charge in [-0.15, -0.1) is 0 Å². The van der Waals surface area contributed by atoms with Crippen LogP contribution in [0, 0.1) is 5.82 Å². The summed E-state index contributed by atoms with van der Waals surface area (Å²) in [5.74, 6) is -0.104. The molecular formula is C29H23FN4O3. The Labute approximate surface area is 212 Å². The van der Waals surface area contributed by atoms with E-state index in [0.29, 0.717) is 11.4 Å². The van der Waals surface area contributed by atoms with Crippen LogP contribution in [0.25, 0.3) is 5.65 Å². The quantitative estimate of drug-likeness (QED) is 0.314. The number of aromatic nitrogens is 3. The molecule has 37 heavy (non-hydrogen) atoms. The van der Waals surface area contributed by atoms with Crippen molar-refractivity contribution in [2.45, 2.75) is 19.7 Å². The highest BCUT2D eigenvalue weighted by Gasteiger charge is 2.21. The maximum Gasteiger partial charge on any atom is 0.270 e. The zero-order valence-electron chi connectivity index (χ0n) is 19.8. The number of amides is 1. The summed E-state index contributed by atoms with van der Waals surface area (Å²) in [6, 6.07) is 22.5. The number of hydrogen-bond acceptors (Lipinski definition) is 5. The summed E-state index contributed by atoms with van der Waals surface area (Å²) >= 11 is 0. The van der Waals surface area contributed by atoms with E-state index in [2.05, 4.69) is 9.97 Å². The van der Waals surface area contributed by atoms with Gasteiger partial charge < -0.3 is 9.64 Å². The van der Waals surface area contributed by atoms with Crippen LogP contribution in [-0.4, -0.2) is 25.2 Å². The van der Waals surface area contributed by atoms with Crippen LogP contribution in [0.4, 0.5) is 4.39 Å². The third-order valence-electron chi connectivity index (χ3n) is 5.85. The lowest BCUT2D eigenvalue weighted by atomic mass is 10.1. The summed E-state index contributed by atoms with van der Waals surface area (Å²) in [6.07, 6.45) is 6.25. The number of carbonyl (C=O) groups excluding carboxylic acids is 1. The van der Waals surface area contributed by atoms with E-state index in [-0.39, 0.29) is 31.1 Å². The van der Waals surface area contributed by atoms with Gasteiger partial charge in [0.2, 0.25) is 0 Å². The number of benzene rings is 2. The molecule has 5 aromatic rings. The van der Waals surface area contributed by atoms with Gasteiger partial charge in [0.15, 0.2) is 0 Å². The van der Waals surface area contributed by atoms with E-state index in [1.807, 2.05) is 24.3 Å². The van der Waals surface area contributed by atoms with Gasteiger partial charge in [0.1, 0.15) is 29.4 Å². The van der Waals surface area contributed by atoms with Crippen molar-refractivity contribution >= 4 is 11.6 Å². The molecule has 0 fully saturated rings. The van der Waals surface area contributed by atoms with Gasteiger partial charge in [0.25, 0.3) is 11.5 Å². The highest BCUT2D eigenvalue weighted by atomic mass is 19.1. The number of carbonyl (C=O) groups is 1. The molecule has 0 aliphatic rings. The highest BCUT2D eigenvalue weighted by Crippen LogP contribution is 2.18. The molecule has 3 aromatic heterocycles. The van der Waals surface area contributed by atoms with Crippen LogP contribution in [0.2, 0.25) is 0 Å². The molecule has 7 nitrogen and oxygen atoms in total. The van der Waals surface area contributed by atoms with Gasteiger partial charge in [-0.1, -0.05) is 30.3 Å². The van der Waals surface area contributed by atoms with Gasteiger partial charge in [0.05, 0.1) is 0 Å². The first kappa shape index (κ1) is 23.9. The maximum absolute atomic E-state index is 13.6. The van der Waals surface area contributed by atoms with Crippen molar-refractivity contribution in [1.29, 1.82) is 0 Å². The van der Waals surface area contributed by atoms with E-state index in [0.717, 1.165) is 16.7 Å². The molecule has 0 saturated carbocycles. The Balaban J connectivity index is 1.36. The van der Waals surface area contributed by atoms with Gasteiger partial charge in [-0.2, -0.15) is 0 Å². The molecular weight excluding hydrogens is 471 g/mol. The normalized spacial score (nSPS) is 10.8. The monoisotopic (exact) mass is 494 g/mol. The Kier molecular flexibility index (Phi) is 6.98. The number of ether oxygens (including phenoxy) is 1. The third-order valence-corrected chi connectivity index (χ3v) is 5.85. The van der Waals surface area contributed by atoms with Crippen LogP contribution in [0.5, 0.6) is 5.75 Å². The Hall–Kier alpha value is -4.85. The zero-order chi connectivity index (χ0) is 25.6. The predicted molar refractivity (Wildman–Crippen MR) is 136 cm³/mol. The molecule has 0 aliphatic carbocycles. The number of halogens is 1. The Morgan fingerprint density at radius 3 is 2.41 bits per heavy atom. The number of rotatable bonds is 8. The van der Waals surface area contributed by atoms with Crippen LogP contribution in [-0.2, 0) is 19.7 Å². The lowest BCUT2D eigenvalue weighted by Crippen LogP contribution is -2.35. The minimum Gasteiger partial charge on any atom is -0.489 e. The molecule has 0 atom stereocenters. The molecule has 8 heteroatoms. The van der Waals surface area contributed by atoms with E-state index in [9.17, 15) is 14.0 Å². The summed E-state index contributed by atoms with van der Waals surface area (Å²) in [6.45, 7) is 0.793. The second-order valence-electron chi connectivity index (χ2n) is 8.49. The fraction of sp³-hybridized carbons (Fsp3) is 0.103. The van der Waals surface area contributed by atoms with E-state index in [1.54, 1.807) is 66.0 Å². The number of fused-ring (bicyclic) bond motifs is 1. The summed E-state index contributed by atoms with van der Waals surface area (Å²) in [5, 5.41) is 0. The number of hydrogen-bond donors (Lipinski definition) is 0. The van der Waals surface area contributed by atoms with Gasteiger partial charge in [-0.3, -0.25) is 19.0 Å². The van der Waals surface area contributed by atoms with Crippen molar-refractivity contribution in [3.63, 3.8) is 0 Å². The fourth-order valence-corrected chi connectivity index (χ4v) is 3.96. The Morgan fingerprint density at radius 2 is 1.65 bits per heavy atom. The lowest BCUT2D eigenvalue weighted by Gasteiger charge is -2.23. The Bertz CT molecular complexity index is 1590. The topological polar surface area (TPSA) is 76.8 Å². The van der Waals surface area contributed by atoms with Crippen molar-refractivity contribution in [1.82, 2.24) is 19.3 Å². The molecule has 0 saturated heterocycles. The number of nitrogens with zero attached hydrogens (tertiary/aromatic N) is 4. The largest absolute Gasteiger partial charge is 0.489 e. The van der Waals surface area contributed by atoms with Crippen LogP contribution >= 0.6 is 0 Å². The summed E-state index contributed by atoms with van der Waals surface area (Å²) in [5.41, 5.74) is 2.51. The third kappa shape index (κ3) is 5.70. The molecule has 184 valence electrons. The molecule has 0 N–H and O–H groups in total. The second kappa shape index (κ2) is 10.8. The minimum absolute atomic E-state index is 0.00666. The van der Waals surface area contributed by atoms with Crippen molar-refractivity contribution in [3.8, 4) is 5.75 Å². The standard InChI is InChI=1S/C29H23FN4O3/c30-24-5-3-4-23(16-24)20-37-25-9-7-21(8-10-25)18-33(19-22-11-13-31-14-12-22)28(35)26-17-32-27-6-1-2-15-34(27)29(26)36/h1-17H,18-20H2. The summed E-state index contributed by atoms with van der Waals surface area (Å²) in [7, 11) is 0. The molecule has 0 unspecified atom stereocenters. The molecule has 0 bridgehead atoms. The summed E-state index contributed by atoms with van der Waals surface area (Å²) in [4.78, 5) is 36.6. The maximum atomic E-state index is 13.6. The van der Waals surface area contributed by atoms with E-state index >= 15 is 0 Å². The average Bonchev–Trinajstić information content (AvgIpc) is 2.93. The zero-order valence-corrected chi connectivity index (χ0v) is 19.8. The fourth-order valence-electron chi connectivity index (χ4n) is 3.96. The number of pyridine rings is 2.